The lowest BCUT2D eigenvalue weighted by Crippen LogP contribution is -2.37. The molecule has 2 N–H and O–H groups in total. The summed E-state index contributed by atoms with van der Waals surface area (Å²) in [5.74, 6) is 0.868. The van der Waals surface area contributed by atoms with Crippen LogP contribution < -0.4 is 5.73 Å². The lowest BCUT2D eigenvalue weighted by Gasteiger charge is -2.31. The molecule has 1 saturated carbocycles. The minimum Gasteiger partial charge on any atom is -0.328 e. The molecule has 1 aliphatic heterocycles. The number of likely N-dealkylation sites (N-methyl/N-ethyl adjacent to an activating group) is 1. The maximum absolute atomic E-state index is 6.08. The molecule has 0 aromatic carbocycles. The standard InChI is InChI=1S/C14H29N3/c1-2-16-7-4-8-17(10-9-16)12-13-5-3-6-14(15)11-13/h13-14H,2-12,15H2,1H3. The molecule has 2 aliphatic rings. The first kappa shape index (κ1) is 13.3. The Balaban J connectivity index is 1.74. The molecule has 1 saturated heterocycles. The van der Waals surface area contributed by atoms with Crippen LogP contribution >= 0.6 is 0 Å². The Labute approximate surface area is 106 Å². The molecular formula is C14H29N3. The summed E-state index contributed by atoms with van der Waals surface area (Å²) in [6, 6.07) is 0.480. The number of nitrogens with zero attached hydrogens (tertiary/aromatic N) is 2. The zero-order valence-electron chi connectivity index (χ0n) is 11.4. The Bertz CT molecular complexity index is 220. The normalized spacial score (nSPS) is 33.5. The largest absolute Gasteiger partial charge is 0.328 e. The Morgan fingerprint density at radius 2 is 1.76 bits per heavy atom. The van der Waals surface area contributed by atoms with Gasteiger partial charge in [-0.2, -0.15) is 0 Å². The lowest BCUT2D eigenvalue weighted by molar-refractivity contribution is 0.194. The Hall–Kier alpha value is -0.120. The van der Waals surface area contributed by atoms with Gasteiger partial charge in [0.05, 0.1) is 0 Å². The van der Waals surface area contributed by atoms with Crippen LogP contribution in [-0.4, -0.2) is 55.1 Å². The van der Waals surface area contributed by atoms with Crippen LogP contribution in [0.25, 0.3) is 0 Å². The van der Waals surface area contributed by atoms with Gasteiger partial charge in [0, 0.05) is 25.7 Å². The zero-order valence-corrected chi connectivity index (χ0v) is 11.4. The summed E-state index contributed by atoms with van der Waals surface area (Å²) < 4.78 is 0. The van der Waals surface area contributed by atoms with E-state index in [1.54, 1.807) is 0 Å². The SMILES string of the molecule is CCN1CCCN(CC2CCCC(N)C2)CC1. The molecule has 3 heteroatoms. The van der Waals surface area contributed by atoms with Gasteiger partial charge in [-0.15, -0.1) is 0 Å². The molecule has 0 spiro atoms. The third-order valence-corrected chi connectivity index (χ3v) is 4.47. The van der Waals surface area contributed by atoms with Crippen LogP contribution in [-0.2, 0) is 0 Å². The highest BCUT2D eigenvalue weighted by Crippen LogP contribution is 2.24. The van der Waals surface area contributed by atoms with Gasteiger partial charge >= 0.3 is 0 Å². The molecule has 0 radical (unpaired) electrons. The van der Waals surface area contributed by atoms with E-state index in [0.717, 1.165) is 5.92 Å². The van der Waals surface area contributed by atoms with E-state index in [2.05, 4.69) is 16.7 Å². The van der Waals surface area contributed by atoms with Gasteiger partial charge < -0.3 is 15.5 Å². The molecule has 3 nitrogen and oxygen atoms in total. The summed E-state index contributed by atoms with van der Waals surface area (Å²) in [6.07, 6.45) is 6.60. The van der Waals surface area contributed by atoms with Crippen molar-refractivity contribution in [1.82, 2.24) is 9.80 Å². The average molecular weight is 239 g/mol. The van der Waals surface area contributed by atoms with Crippen molar-refractivity contribution in [2.45, 2.75) is 45.1 Å². The maximum Gasteiger partial charge on any atom is 0.0109 e. The molecule has 0 aromatic rings. The van der Waals surface area contributed by atoms with E-state index in [4.69, 9.17) is 5.73 Å². The van der Waals surface area contributed by atoms with Crippen LogP contribution in [0.15, 0.2) is 0 Å². The lowest BCUT2D eigenvalue weighted by atomic mass is 9.86. The van der Waals surface area contributed by atoms with Gasteiger partial charge in [0.1, 0.15) is 0 Å². The number of nitrogens with two attached hydrogens (primary N) is 1. The second-order valence-corrected chi connectivity index (χ2v) is 5.88. The van der Waals surface area contributed by atoms with Crippen LogP contribution in [0.1, 0.15) is 39.0 Å². The smallest absolute Gasteiger partial charge is 0.0109 e. The highest BCUT2D eigenvalue weighted by atomic mass is 15.2. The molecule has 2 atom stereocenters. The van der Waals surface area contributed by atoms with Crippen molar-refractivity contribution in [2.75, 3.05) is 39.3 Å². The van der Waals surface area contributed by atoms with E-state index in [9.17, 15) is 0 Å². The van der Waals surface area contributed by atoms with Crippen molar-refractivity contribution >= 4 is 0 Å². The highest BCUT2D eigenvalue weighted by Gasteiger charge is 2.22. The molecule has 1 heterocycles. The van der Waals surface area contributed by atoms with E-state index in [0.29, 0.717) is 6.04 Å². The van der Waals surface area contributed by atoms with Gasteiger partial charge in [-0.05, 0) is 51.2 Å². The third kappa shape index (κ3) is 4.23. The van der Waals surface area contributed by atoms with Crippen LogP contribution in [0.2, 0.25) is 0 Å². The van der Waals surface area contributed by atoms with Crippen molar-refractivity contribution in [3.8, 4) is 0 Å². The average Bonchev–Trinajstić information content (AvgIpc) is 2.54. The van der Waals surface area contributed by atoms with Crippen LogP contribution in [0, 0.1) is 5.92 Å². The van der Waals surface area contributed by atoms with Gasteiger partial charge in [-0.25, -0.2) is 0 Å². The molecule has 2 rings (SSSR count). The van der Waals surface area contributed by atoms with Crippen molar-refractivity contribution in [3.05, 3.63) is 0 Å². The first-order valence-corrected chi connectivity index (χ1v) is 7.48. The van der Waals surface area contributed by atoms with Gasteiger partial charge in [0.25, 0.3) is 0 Å². The zero-order chi connectivity index (χ0) is 12.1. The van der Waals surface area contributed by atoms with Gasteiger partial charge in [-0.1, -0.05) is 13.3 Å². The van der Waals surface area contributed by atoms with Crippen molar-refractivity contribution in [3.63, 3.8) is 0 Å². The summed E-state index contributed by atoms with van der Waals surface area (Å²) in [7, 11) is 0. The first-order chi connectivity index (χ1) is 8.28. The monoisotopic (exact) mass is 239 g/mol. The Kier molecular flexibility index (Phi) is 5.26. The fourth-order valence-electron chi connectivity index (χ4n) is 3.39. The van der Waals surface area contributed by atoms with Crippen LogP contribution in [0.4, 0.5) is 0 Å². The molecule has 2 fully saturated rings. The summed E-state index contributed by atoms with van der Waals surface area (Å²) >= 11 is 0. The quantitative estimate of drug-likeness (QED) is 0.811. The first-order valence-electron chi connectivity index (χ1n) is 7.48. The molecule has 0 aromatic heterocycles. The van der Waals surface area contributed by atoms with E-state index < -0.39 is 0 Å². The molecule has 1 aliphatic carbocycles. The van der Waals surface area contributed by atoms with E-state index >= 15 is 0 Å². The molecule has 17 heavy (non-hydrogen) atoms. The number of rotatable bonds is 3. The van der Waals surface area contributed by atoms with Crippen molar-refractivity contribution in [2.24, 2.45) is 11.7 Å². The van der Waals surface area contributed by atoms with E-state index in [-0.39, 0.29) is 0 Å². The summed E-state index contributed by atoms with van der Waals surface area (Å²) in [5, 5.41) is 0. The minimum atomic E-state index is 0.480. The summed E-state index contributed by atoms with van der Waals surface area (Å²) in [4.78, 5) is 5.25. The second kappa shape index (κ2) is 6.72. The number of hydrogen-bond donors (Lipinski definition) is 1. The third-order valence-electron chi connectivity index (χ3n) is 4.47. The molecule has 2 unspecified atom stereocenters. The predicted octanol–water partition coefficient (Wildman–Crippen LogP) is 1.53. The van der Waals surface area contributed by atoms with Crippen molar-refractivity contribution < 1.29 is 0 Å². The van der Waals surface area contributed by atoms with E-state index in [1.807, 2.05) is 0 Å². The van der Waals surface area contributed by atoms with Gasteiger partial charge in [0.2, 0.25) is 0 Å². The molecule has 0 amide bonds. The Morgan fingerprint density at radius 3 is 2.53 bits per heavy atom. The molecular weight excluding hydrogens is 210 g/mol. The molecule has 100 valence electrons. The topological polar surface area (TPSA) is 32.5 Å². The van der Waals surface area contributed by atoms with Crippen LogP contribution in [0.5, 0.6) is 0 Å². The summed E-state index contributed by atoms with van der Waals surface area (Å²) in [5.41, 5.74) is 6.08. The maximum atomic E-state index is 6.08. The number of hydrogen-bond acceptors (Lipinski definition) is 3. The second-order valence-electron chi connectivity index (χ2n) is 5.88. The Morgan fingerprint density at radius 1 is 1.00 bits per heavy atom. The van der Waals surface area contributed by atoms with E-state index in [1.165, 1.54) is 71.4 Å². The molecule has 0 bridgehead atoms. The minimum absolute atomic E-state index is 0.480. The van der Waals surface area contributed by atoms with Gasteiger partial charge in [-0.3, -0.25) is 0 Å². The summed E-state index contributed by atoms with van der Waals surface area (Å²) in [6.45, 7) is 9.89. The highest BCUT2D eigenvalue weighted by molar-refractivity contribution is 4.79. The van der Waals surface area contributed by atoms with Gasteiger partial charge in [0.15, 0.2) is 0 Å². The van der Waals surface area contributed by atoms with Crippen molar-refractivity contribution in [1.29, 1.82) is 0 Å². The predicted molar refractivity (Wildman–Crippen MR) is 73.1 cm³/mol. The fraction of sp³-hybridized carbons (Fsp3) is 1.00. The van der Waals surface area contributed by atoms with Crippen LogP contribution in [0.3, 0.4) is 0 Å². The fourth-order valence-corrected chi connectivity index (χ4v) is 3.39.